The van der Waals surface area contributed by atoms with Crippen LogP contribution in [0.4, 0.5) is 0 Å². The van der Waals surface area contributed by atoms with Gasteiger partial charge in [-0.15, -0.1) is 5.48 Å². The first kappa shape index (κ1) is 9.17. The van der Waals surface area contributed by atoms with E-state index >= 15 is 0 Å². The summed E-state index contributed by atoms with van der Waals surface area (Å²) in [6.45, 7) is 8.92. The van der Waals surface area contributed by atoms with E-state index in [0.29, 0.717) is 0 Å². The molecule has 1 N–H and O–H groups in total. The summed E-state index contributed by atoms with van der Waals surface area (Å²) >= 11 is 0. The zero-order chi connectivity index (χ0) is 8.20. The Bertz CT molecular complexity index is 135. The Kier molecular flexibility index (Phi) is 3.09. The van der Waals surface area contributed by atoms with Crippen molar-refractivity contribution in [2.24, 2.45) is 0 Å². The normalized spacial score (nSPS) is 10.7. The molecule has 10 heavy (non-hydrogen) atoms. The van der Waals surface area contributed by atoms with Crippen molar-refractivity contribution < 1.29 is 9.63 Å². The van der Waals surface area contributed by atoms with Crippen molar-refractivity contribution >= 4 is 5.97 Å². The molecule has 0 aromatic carbocycles. The Labute approximate surface area is 61.0 Å². The van der Waals surface area contributed by atoms with Crippen LogP contribution >= 0.6 is 0 Å². The van der Waals surface area contributed by atoms with E-state index in [1.807, 2.05) is 20.8 Å². The van der Waals surface area contributed by atoms with Crippen molar-refractivity contribution in [2.45, 2.75) is 26.3 Å². The summed E-state index contributed by atoms with van der Waals surface area (Å²) in [6.07, 6.45) is 1.11. The Morgan fingerprint density at radius 3 is 2.40 bits per heavy atom. The van der Waals surface area contributed by atoms with Crippen molar-refractivity contribution in [1.29, 1.82) is 0 Å². The summed E-state index contributed by atoms with van der Waals surface area (Å²) in [7, 11) is 0. The van der Waals surface area contributed by atoms with E-state index < -0.39 is 5.97 Å². The van der Waals surface area contributed by atoms with Crippen LogP contribution in [0.25, 0.3) is 0 Å². The lowest BCUT2D eigenvalue weighted by molar-refractivity contribution is -0.148. The van der Waals surface area contributed by atoms with E-state index in [1.54, 1.807) is 0 Å². The fourth-order valence-corrected chi connectivity index (χ4v) is 0.245. The third kappa shape index (κ3) is 5.31. The molecule has 58 valence electrons. The lowest BCUT2D eigenvalue weighted by Gasteiger charge is -2.18. The van der Waals surface area contributed by atoms with Gasteiger partial charge in [0.15, 0.2) is 0 Å². The summed E-state index contributed by atoms with van der Waals surface area (Å²) in [5.74, 6) is -0.463. The maximum Gasteiger partial charge on any atom is 0.348 e. The van der Waals surface area contributed by atoms with Gasteiger partial charge in [0.1, 0.15) is 0 Å². The zero-order valence-corrected chi connectivity index (χ0v) is 6.60. The van der Waals surface area contributed by atoms with Crippen molar-refractivity contribution in [3.63, 3.8) is 0 Å². The molecule has 0 heterocycles. The fraction of sp³-hybridized carbons (Fsp3) is 0.571. The highest BCUT2D eigenvalue weighted by Crippen LogP contribution is 1.97. The Hall–Kier alpha value is -0.830. The number of hydrogen-bond acceptors (Lipinski definition) is 3. The molecular weight excluding hydrogens is 130 g/mol. The second-order valence-corrected chi connectivity index (χ2v) is 2.98. The van der Waals surface area contributed by atoms with Gasteiger partial charge in [-0.05, 0) is 20.8 Å². The van der Waals surface area contributed by atoms with Gasteiger partial charge in [0.05, 0.1) is 0 Å². The van der Waals surface area contributed by atoms with Gasteiger partial charge in [-0.1, -0.05) is 6.58 Å². The molecule has 0 unspecified atom stereocenters. The smallest absolute Gasteiger partial charge is 0.348 e. The summed E-state index contributed by atoms with van der Waals surface area (Å²) in [4.78, 5) is 15.0. The molecule has 0 bridgehead atoms. The molecule has 0 spiro atoms. The van der Waals surface area contributed by atoms with Gasteiger partial charge in [-0.25, -0.2) is 4.79 Å². The topological polar surface area (TPSA) is 38.3 Å². The maximum atomic E-state index is 10.5. The van der Waals surface area contributed by atoms with Gasteiger partial charge in [0.2, 0.25) is 0 Å². The van der Waals surface area contributed by atoms with Crippen molar-refractivity contribution in [3.8, 4) is 0 Å². The minimum Gasteiger partial charge on any atom is -0.367 e. The van der Waals surface area contributed by atoms with Gasteiger partial charge in [-0.2, -0.15) is 0 Å². The molecule has 0 saturated carbocycles. The Balaban J connectivity index is 3.55. The van der Waals surface area contributed by atoms with Crippen LogP contribution in [-0.4, -0.2) is 11.5 Å². The van der Waals surface area contributed by atoms with Crippen LogP contribution in [-0.2, 0) is 9.63 Å². The maximum absolute atomic E-state index is 10.5. The summed E-state index contributed by atoms with van der Waals surface area (Å²) in [5, 5.41) is 0. The monoisotopic (exact) mass is 143 g/mol. The average Bonchev–Trinajstić information content (AvgIpc) is 1.81. The highest BCUT2D eigenvalue weighted by molar-refractivity contribution is 5.80. The van der Waals surface area contributed by atoms with Crippen LogP contribution in [0, 0.1) is 0 Å². The van der Waals surface area contributed by atoms with Crippen LogP contribution in [0.3, 0.4) is 0 Å². The van der Waals surface area contributed by atoms with Gasteiger partial charge in [0.25, 0.3) is 0 Å². The highest BCUT2D eigenvalue weighted by Gasteiger charge is 2.10. The number of carbonyl (C=O) groups is 1. The molecule has 0 aliphatic heterocycles. The fourth-order valence-electron chi connectivity index (χ4n) is 0.245. The molecule has 0 fully saturated rings. The van der Waals surface area contributed by atoms with Gasteiger partial charge in [-0.3, -0.25) is 0 Å². The molecule has 3 heteroatoms. The van der Waals surface area contributed by atoms with E-state index in [1.165, 1.54) is 0 Å². The number of nitrogens with one attached hydrogen (secondary N) is 1. The van der Waals surface area contributed by atoms with Gasteiger partial charge in [0, 0.05) is 11.6 Å². The Morgan fingerprint density at radius 1 is 1.60 bits per heavy atom. The van der Waals surface area contributed by atoms with Crippen LogP contribution in [0.1, 0.15) is 20.8 Å². The summed E-state index contributed by atoms with van der Waals surface area (Å²) < 4.78 is 0. The van der Waals surface area contributed by atoms with E-state index in [9.17, 15) is 4.79 Å². The number of hydroxylamine groups is 1. The molecular formula is C7H13NO2. The largest absolute Gasteiger partial charge is 0.367 e. The first-order valence-corrected chi connectivity index (χ1v) is 3.06. The SMILES string of the molecule is C=CC(=O)ONC(C)(C)C. The second kappa shape index (κ2) is 3.37. The average molecular weight is 143 g/mol. The van der Waals surface area contributed by atoms with E-state index in [2.05, 4.69) is 16.9 Å². The number of hydrogen-bond donors (Lipinski definition) is 1. The Morgan fingerprint density at radius 2 is 2.10 bits per heavy atom. The molecule has 0 atom stereocenters. The molecule has 0 radical (unpaired) electrons. The zero-order valence-electron chi connectivity index (χ0n) is 6.60. The molecule has 0 aromatic rings. The number of carbonyl (C=O) groups excluding carboxylic acids is 1. The summed E-state index contributed by atoms with van der Waals surface area (Å²) in [5.41, 5.74) is 2.34. The predicted octanol–water partition coefficient (Wildman–Crippen LogP) is 1.02. The van der Waals surface area contributed by atoms with Crippen LogP contribution < -0.4 is 5.48 Å². The van der Waals surface area contributed by atoms with Gasteiger partial charge < -0.3 is 4.84 Å². The second-order valence-electron chi connectivity index (χ2n) is 2.98. The minimum atomic E-state index is -0.463. The molecule has 0 aromatic heterocycles. The van der Waals surface area contributed by atoms with Gasteiger partial charge >= 0.3 is 5.97 Å². The van der Waals surface area contributed by atoms with Crippen LogP contribution in [0.2, 0.25) is 0 Å². The van der Waals surface area contributed by atoms with E-state index in [-0.39, 0.29) is 5.54 Å². The van der Waals surface area contributed by atoms with E-state index in [0.717, 1.165) is 6.08 Å². The molecule has 0 aliphatic rings. The van der Waals surface area contributed by atoms with E-state index in [4.69, 9.17) is 0 Å². The van der Waals surface area contributed by atoms with Crippen molar-refractivity contribution in [2.75, 3.05) is 0 Å². The lowest BCUT2D eigenvalue weighted by atomic mass is 10.1. The predicted molar refractivity (Wildman–Crippen MR) is 39.2 cm³/mol. The first-order valence-electron chi connectivity index (χ1n) is 3.06. The lowest BCUT2D eigenvalue weighted by Crippen LogP contribution is -2.37. The minimum absolute atomic E-state index is 0.210. The van der Waals surface area contributed by atoms with Crippen LogP contribution in [0.15, 0.2) is 12.7 Å². The van der Waals surface area contributed by atoms with Crippen molar-refractivity contribution in [3.05, 3.63) is 12.7 Å². The molecule has 3 nitrogen and oxygen atoms in total. The first-order chi connectivity index (χ1) is 4.45. The number of rotatable bonds is 2. The van der Waals surface area contributed by atoms with Crippen LogP contribution in [0.5, 0.6) is 0 Å². The van der Waals surface area contributed by atoms with Crippen molar-refractivity contribution in [1.82, 2.24) is 5.48 Å². The molecule has 0 rings (SSSR count). The highest BCUT2D eigenvalue weighted by atomic mass is 16.7. The quantitative estimate of drug-likeness (QED) is 0.463. The third-order valence-corrected chi connectivity index (χ3v) is 0.624. The standard InChI is InChI=1S/C7H13NO2/c1-5-6(9)10-8-7(2,3)4/h5,8H,1H2,2-4H3. The third-order valence-electron chi connectivity index (χ3n) is 0.624. The molecule has 0 aliphatic carbocycles. The molecule has 0 amide bonds. The molecule has 0 saturated heterocycles. The summed E-state index contributed by atoms with van der Waals surface area (Å²) in [6, 6.07) is 0.